The maximum atomic E-state index is 11.5. The number of halogens is 1. The molecule has 0 unspecified atom stereocenters. The Morgan fingerprint density at radius 3 is 2.81 bits per heavy atom. The lowest BCUT2D eigenvalue weighted by Gasteiger charge is -2.05. The van der Waals surface area contributed by atoms with Crippen LogP contribution in [0.25, 0.3) is 0 Å². The first-order valence-electron chi connectivity index (χ1n) is 4.55. The Hall–Kier alpha value is -1.43. The van der Waals surface area contributed by atoms with Gasteiger partial charge in [-0.1, -0.05) is 22.0 Å². The van der Waals surface area contributed by atoms with Crippen molar-refractivity contribution in [2.75, 3.05) is 11.9 Å². The molecule has 0 aliphatic carbocycles. The van der Waals surface area contributed by atoms with Crippen LogP contribution in [0.4, 0.5) is 5.69 Å². The normalized spacial score (nSPS) is 9.88. The lowest BCUT2D eigenvalue weighted by atomic mass is 10.1. The van der Waals surface area contributed by atoms with Crippen LogP contribution in [0.5, 0.6) is 0 Å². The number of nitro groups is 1. The molecule has 0 N–H and O–H groups in total. The van der Waals surface area contributed by atoms with Gasteiger partial charge in [0.05, 0.1) is 10.5 Å². The van der Waals surface area contributed by atoms with Crippen molar-refractivity contribution in [3.8, 4) is 0 Å². The van der Waals surface area contributed by atoms with Crippen molar-refractivity contribution in [1.29, 1.82) is 0 Å². The minimum atomic E-state index is -0.541. The van der Waals surface area contributed by atoms with Gasteiger partial charge in [-0.25, -0.2) is 4.79 Å². The van der Waals surface area contributed by atoms with Gasteiger partial charge in [-0.15, -0.1) is 0 Å². The molecular formula is C10H10BrNO4. The third kappa shape index (κ3) is 2.79. The summed E-state index contributed by atoms with van der Waals surface area (Å²) in [5.41, 5.74) is 0.482. The second-order valence-electron chi connectivity index (χ2n) is 3.03. The first kappa shape index (κ1) is 12.6. The summed E-state index contributed by atoms with van der Waals surface area (Å²) >= 11 is 3.12. The van der Waals surface area contributed by atoms with Gasteiger partial charge in [0.1, 0.15) is 6.61 Å². The summed E-state index contributed by atoms with van der Waals surface area (Å²) in [5.74, 6) is -0.541. The number of carbonyl (C=O) groups is 1. The number of alkyl halides is 1. The number of benzene rings is 1. The van der Waals surface area contributed by atoms with Gasteiger partial charge >= 0.3 is 5.97 Å². The van der Waals surface area contributed by atoms with E-state index < -0.39 is 10.9 Å². The highest BCUT2D eigenvalue weighted by atomic mass is 79.9. The SMILES string of the molecule is Cc1c(C(=O)OCCBr)cccc1[N+](=O)[O-]. The number of nitrogens with zero attached hydrogens (tertiary/aromatic N) is 1. The van der Waals surface area contributed by atoms with E-state index in [2.05, 4.69) is 15.9 Å². The summed E-state index contributed by atoms with van der Waals surface area (Å²) in [5, 5.41) is 11.2. The molecule has 16 heavy (non-hydrogen) atoms. The van der Waals surface area contributed by atoms with Crippen LogP contribution in [0.3, 0.4) is 0 Å². The summed E-state index contributed by atoms with van der Waals surface area (Å²) in [6, 6.07) is 4.34. The van der Waals surface area contributed by atoms with Crippen LogP contribution in [0.15, 0.2) is 18.2 Å². The van der Waals surface area contributed by atoms with Gasteiger partial charge in [-0.05, 0) is 13.0 Å². The van der Waals surface area contributed by atoms with E-state index in [1.165, 1.54) is 25.1 Å². The van der Waals surface area contributed by atoms with E-state index in [1.807, 2.05) is 0 Å². The van der Waals surface area contributed by atoms with Crippen LogP contribution in [-0.4, -0.2) is 22.8 Å². The molecule has 0 heterocycles. The Labute approximate surface area is 101 Å². The summed E-state index contributed by atoms with van der Waals surface area (Å²) in [6.45, 7) is 1.77. The first-order valence-corrected chi connectivity index (χ1v) is 5.67. The van der Waals surface area contributed by atoms with Gasteiger partial charge in [-0.3, -0.25) is 10.1 Å². The Balaban J connectivity index is 3.01. The number of esters is 1. The predicted octanol–water partition coefficient (Wildman–Crippen LogP) is 2.45. The van der Waals surface area contributed by atoms with E-state index in [4.69, 9.17) is 4.74 Å². The highest BCUT2D eigenvalue weighted by Crippen LogP contribution is 2.21. The number of hydrogen-bond donors (Lipinski definition) is 0. The lowest BCUT2D eigenvalue weighted by molar-refractivity contribution is -0.385. The summed E-state index contributed by atoms with van der Waals surface area (Å²) in [4.78, 5) is 21.7. The molecule has 0 saturated carbocycles. The summed E-state index contributed by atoms with van der Waals surface area (Å²) < 4.78 is 4.88. The zero-order valence-electron chi connectivity index (χ0n) is 8.60. The van der Waals surface area contributed by atoms with Crippen molar-refractivity contribution < 1.29 is 14.5 Å². The molecule has 86 valence electrons. The van der Waals surface area contributed by atoms with Gasteiger partial charge < -0.3 is 4.74 Å². The van der Waals surface area contributed by atoms with Gasteiger partial charge in [-0.2, -0.15) is 0 Å². The van der Waals surface area contributed by atoms with Gasteiger partial charge in [0.25, 0.3) is 5.69 Å². The van der Waals surface area contributed by atoms with Crippen molar-refractivity contribution in [2.24, 2.45) is 0 Å². The number of rotatable bonds is 4. The molecule has 1 rings (SSSR count). The van der Waals surface area contributed by atoms with E-state index in [9.17, 15) is 14.9 Å². The number of ether oxygens (including phenoxy) is 1. The number of hydrogen-bond acceptors (Lipinski definition) is 4. The standard InChI is InChI=1S/C10H10BrNO4/c1-7-8(10(13)16-6-5-11)3-2-4-9(7)12(14)15/h2-4H,5-6H2,1H3. The van der Waals surface area contributed by atoms with Gasteiger partial charge in [0.2, 0.25) is 0 Å². The monoisotopic (exact) mass is 287 g/mol. The fourth-order valence-corrected chi connectivity index (χ4v) is 1.41. The van der Waals surface area contributed by atoms with Crippen molar-refractivity contribution in [3.05, 3.63) is 39.4 Å². The van der Waals surface area contributed by atoms with E-state index in [0.717, 1.165) is 0 Å². The number of carbonyl (C=O) groups excluding carboxylic acids is 1. The molecular weight excluding hydrogens is 278 g/mol. The predicted molar refractivity (Wildman–Crippen MR) is 61.9 cm³/mol. The van der Waals surface area contributed by atoms with Crippen LogP contribution in [0, 0.1) is 17.0 Å². The van der Waals surface area contributed by atoms with Crippen LogP contribution < -0.4 is 0 Å². The van der Waals surface area contributed by atoms with Crippen LogP contribution in [0.2, 0.25) is 0 Å². The summed E-state index contributed by atoms with van der Waals surface area (Å²) in [7, 11) is 0. The Morgan fingerprint density at radius 2 is 2.25 bits per heavy atom. The van der Waals surface area contributed by atoms with E-state index >= 15 is 0 Å². The fraction of sp³-hybridized carbons (Fsp3) is 0.300. The summed E-state index contributed by atoms with van der Waals surface area (Å²) in [6.07, 6.45) is 0. The van der Waals surface area contributed by atoms with E-state index in [1.54, 1.807) is 0 Å². The highest BCUT2D eigenvalue weighted by molar-refractivity contribution is 9.09. The molecule has 1 aromatic carbocycles. The maximum absolute atomic E-state index is 11.5. The third-order valence-electron chi connectivity index (χ3n) is 2.03. The number of nitro benzene ring substituents is 1. The highest BCUT2D eigenvalue weighted by Gasteiger charge is 2.18. The van der Waals surface area contributed by atoms with Crippen molar-refractivity contribution in [2.45, 2.75) is 6.92 Å². The topological polar surface area (TPSA) is 69.4 Å². The molecule has 1 aromatic rings. The Bertz CT molecular complexity index is 419. The molecule has 0 saturated heterocycles. The molecule has 0 aromatic heterocycles. The third-order valence-corrected chi connectivity index (χ3v) is 2.36. The minimum absolute atomic E-state index is 0.0757. The molecule has 5 nitrogen and oxygen atoms in total. The van der Waals surface area contributed by atoms with E-state index in [-0.39, 0.29) is 17.9 Å². The first-order chi connectivity index (χ1) is 7.57. The van der Waals surface area contributed by atoms with Crippen LogP contribution in [0.1, 0.15) is 15.9 Å². The van der Waals surface area contributed by atoms with Crippen LogP contribution >= 0.6 is 15.9 Å². The molecule has 0 atom stereocenters. The molecule has 0 bridgehead atoms. The Kier molecular flexibility index (Phi) is 4.42. The molecule has 0 aliphatic rings. The molecule has 6 heteroatoms. The molecule has 0 fully saturated rings. The fourth-order valence-electron chi connectivity index (χ4n) is 1.25. The van der Waals surface area contributed by atoms with Crippen molar-refractivity contribution in [1.82, 2.24) is 0 Å². The zero-order chi connectivity index (χ0) is 12.1. The average Bonchev–Trinajstić information content (AvgIpc) is 2.25. The lowest BCUT2D eigenvalue weighted by Crippen LogP contribution is -2.09. The second kappa shape index (κ2) is 5.60. The smallest absolute Gasteiger partial charge is 0.338 e. The average molecular weight is 288 g/mol. The largest absolute Gasteiger partial charge is 0.461 e. The van der Waals surface area contributed by atoms with Crippen molar-refractivity contribution >= 4 is 27.6 Å². The molecule has 0 amide bonds. The molecule has 0 spiro atoms. The minimum Gasteiger partial charge on any atom is -0.461 e. The quantitative estimate of drug-likeness (QED) is 0.369. The zero-order valence-corrected chi connectivity index (χ0v) is 10.2. The second-order valence-corrected chi connectivity index (χ2v) is 3.82. The Morgan fingerprint density at radius 1 is 1.56 bits per heavy atom. The molecule has 0 radical (unpaired) electrons. The van der Waals surface area contributed by atoms with E-state index in [0.29, 0.717) is 10.9 Å². The van der Waals surface area contributed by atoms with Crippen molar-refractivity contribution in [3.63, 3.8) is 0 Å². The van der Waals surface area contributed by atoms with Gasteiger partial charge in [0.15, 0.2) is 0 Å². The maximum Gasteiger partial charge on any atom is 0.338 e. The van der Waals surface area contributed by atoms with Gasteiger partial charge in [0, 0.05) is 17.0 Å². The van der Waals surface area contributed by atoms with Crippen LogP contribution in [-0.2, 0) is 4.74 Å². The molecule has 0 aliphatic heterocycles.